The van der Waals surface area contributed by atoms with Gasteiger partial charge in [-0.25, -0.2) is 4.79 Å². The van der Waals surface area contributed by atoms with Crippen molar-refractivity contribution in [3.63, 3.8) is 0 Å². The van der Waals surface area contributed by atoms with E-state index in [1.165, 1.54) is 0 Å². The number of nitrogens with one attached hydrogen (secondary N) is 2. The molecule has 0 aliphatic carbocycles. The SMILES string of the molecule is Cc1cc(CCC(C)C)oc(=O)c1C(=O)NCC1CNCCO1.Cl. The molecule has 0 bridgehead atoms. The Bertz CT molecular complexity index is 595. The van der Waals surface area contributed by atoms with Gasteiger partial charge in [-0.05, 0) is 30.9 Å². The Labute approximate surface area is 148 Å². The lowest BCUT2D eigenvalue weighted by molar-refractivity contribution is 0.0286. The van der Waals surface area contributed by atoms with Crippen molar-refractivity contribution in [3.05, 3.63) is 33.4 Å². The summed E-state index contributed by atoms with van der Waals surface area (Å²) in [4.78, 5) is 24.4. The van der Waals surface area contributed by atoms with Gasteiger partial charge in [0.1, 0.15) is 11.3 Å². The van der Waals surface area contributed by atoms with Crippen LogP contribution in [0, 0.1) is 12.8 Å². The van der Waals surface area contributed by atoms with Crippen LogP contribution in [-0.2, 0) is 11.2 Å². The molecule has 2 heterocycles. The summed E-state index contributed by atoms with van der Waals surface area (Å²) in [6.07, 6.45) is 1.59. The standard InChI is InChI=1S/C17H26N2O4.ClH/c1-11(2)4-5-13-8-12(3)15(17(21)23-13)16(20)19-10-14-9-18-6-7-22-14;/h8,11,14,18H,4-7,9-10H2,1-3H3,(H,19,20);1H. The van der Waals surface area contributed by atoms with Crippen molar-refractivity contribution in [1.82, 2.24) is 10.6 Å². The predicted octanol–water partition coefficient (Wildman–Crippen LogP) is 1.68. The van der Waals surface area contributed by atoms with E-state index in [1.54, 1.807) is 13.0 Å². The number of halogens is 1. The molecule has 2 N–H and O–H groups in total. The maximum absolute atomic E-state index is 12.3. The Hall–Kier alpha value is -1.37. The van der Waals surface area contributed by atoms with Crippen LogP contribution in [0.1, 0.15) is 41.9 Å². The van der Waals surface area contributed by atoms with Gasteiger partial charge < -0.3 is 19.8 Å². The number of rotatable bonds is 6. The van der Waals surface area contributed by atoms with E-state index in [0.29, 0.717) is 43.4 Å². The molecular formula is C17H27ClN2O4. The number of morpholine rings is 1. The fraction of sp³-hybridized carbons (Fsp3) is 0.647. The van der Waals surface area contributed by atoms with E-state index < -0.39 is 11.5 Å². The van der Waals surface area contributed by atoms with Gasteiger partial charge in [0.2, 0.25) is 0 Å². The van der Waals surface area contributed by atoms with Crippen molar-refractivity contribution in [1.29, 1.82) is 0 Å². The van der Waals surface area contributed by atoms with Gasteiger partial charge in [-0.3, -0.25) is 4.79 Å². The van der Waals surface area contributed by atoms with E-state index in [9.17, 15) is 9.59 Å². The molecule has 1 atom stereocenters. The first-order chi connectivity index (χ1) is 11.0. The van der Waals surface area contributed by atoms with Crippen LogP contribution in [0.5, 0.6) is 0 Å². The van der Waals surface area contributed by atoms with Crippen LogP contribution in [0.25, 0.3) is 0 Å². The lowest BCUT2D eigenvalue weighted by atomic mass is 10.0. The minimum atomic E-state index is -0.566. The molecule has 0 saturated carbocycles. The molecule has 1 unspecified atom stereocenters. The lowest BCUT2D eigenvalue weighted by Gasteiger charge is -2.23. The van der Waals surface area contributed by atoms with E-state index >= 15 is 0 Å². The van der Waals surface area contributed by atoms with E-state index in [4.69, 9.17) is 9.15 Å². The zero-order valence-electron chi connectivity index (χ0n) is 14.5. The van der Waals surface area contributed by atoms with E-state index in [2.05, 4.69) is 24.5 Å². The van der Waals surface area contributed by atoms with Gasteiger partial charge in [-0.1, -0.05) is 13.8 Å². The molecule has 2 rings (SSSR count). The number of carbonyl (C=O) groups excluding carboxylic acids is 1. The van der Waals surface area contributed by atoms with Crippen molar-refractivity contribution in [3.8, 4) is 0 Å². The molecule has 1 aliphatic rings. The van der Waals surface area contributed by atoms with Crippen LogP contribution < -0.4 is 16.3 Å². The molecule has 1 amide bonds. The van der Waals surface area contributed by atoms with Crippen LogP contribution in [0.4, 0.5) is 0 Å². The van der Waals surface area contributed by atoms with Crippen molar-refractivity contribution >= 4 is 18.3 Å². The van der Waals surface area contributed by atoms with E-state index in [1.807, 2.05) is 0 Å². The van der Waals surface area contributed by atoms with Crippen LogP contribution in [0.2, 0.25) is 0 Å². The summed E-state index contributed by atoms with van der Waals surface area (Å²) in [6.45, 7) is 8.53. The summed E-state index contributed by atoms with van der Waals surface area (Å²) in [5.41, 5.74) is 0.172. The Kier molecular flexibility index (Phi) is 8.45. The zero-order chi connectivity index (χ0) is 16.8. The van der Waals surface area contributed by atoms with Crippen LogP contribution in [0.15, 0.2) is 15.3 Å². The van der Waals surface area contributed by atoms with E-state index in [0.717, 1.165) is 13.0 Å². The second-order valence-electron chi connectivity index (χ2n) is 6.40. The molecule has 0 radical (unpaired) electrons. The Morgan fingerprint density at radius 2 is 2.21 bits per heavy atom. The number of carbonyl (C=O) groups is 1. The first-order valence-corrected chi connectivity index (χ1v) is 8.21. The predicted molar refractivity (Wildman–Crippen MR) is 95.1 cm³/mol. The van der Waals surface area contributed by atoms with Crippen molar-refractivity contribution in [2.45, 2.75) is 39.7 Å². The van der Waals surface area contributed by atoms with Gasteiger partial charge in [0, 0.05) is 26.1 Å². The molecule has 0 spiro atoms. The van der Waals surface area contributed by atoms with Crippen LogP contribution >= 0.6 is 12.4 Å². The molecule has 1 aromatic heterocycles. The first kappa shape index (κ1) is 20.7. The Morgan fingerprint density at radius 3 is 2.79 bits per heavy atom. The monoisotopic (exact) mass is 358 g/mol. The second kappa shape index (κ2) is 9.81. The van der Waals surface area contributed by atoms with Crippen LogP contribution in [0.3, 0.4) is 0 Å². The van der Waals surface area contributed by atoms with Gasteiger partial charge >= 0.3 is 5.63 Å². The fourth-order valence-electron chi connectivity index (χ4n) is 2.55. The smallest absolute Gasteiger partial charge is 0.349 e. The normalized spacial score (nSPS) is 17.4. The highest BCUT2D eigenvalue weighted by Crippen LogP contribution is 2.11. The number of amides is 1. The fourth-order valence-corrected chi connectivity index (χ4v) is 2.55. The maximum Gasteiger partial charge on any atom is 0.349 e. The quantitative estimate of drug-likeness (QED) is 0.808. The van der Waals surface area contributed by atoms with Gasteiger partial charge in [-0.2, -0.15) is 0 Å². The molecule has 136 valence electrons. The minimum Gasteiger partial charge on any atom is -0.427 e. The highest BCUT2D eigenvalue weighted by Gasteiger charge is 2.19. The van der Waals surface area contributed by atoms with Gasteiger partial charge in [-0.15, -0.1) is 12.4 Å². The third kappa shape index (κ3) is 5.92. The molecule has 1 saturated heterocycles. The number of ether oxygens (including phenoxy) is 1. The van der Waals surface area contributed by atoms with E-state index in [-0.39, 0.29) is 24.1 Å². The van der Waals surface area contributed by atoms with Crippen molar-refractivity contribution in [2.75, 3.05) is 26.2 Å². The summed E-state index contributed by atoms with van der Waals surface area (Å²) in [6, 6.07) is 1.79. The highest BCUT2D eigenvalue weighted by molar-refractivity contribution is 5.95. The highest BCUT2D eigenvalue weighted by atomic mass is 35.5. The molecule has 1 aromatic rings. The molecule has 1 fully saturated rings. The first-order valence-electron chi connectivity index (χ1n) is 8.21. The summed E-state index contributed by atoms with van der Waals surface area (Å²) in [5.74, 6) is 0.770. The number of hydrogen-bond donors (Lipinski definition) is 2. The molecule has 7 heteroatoms. The average Bonchev–Trinajstić information content (AvgIpc) is 2.51. The summed E-state index contributed by atoms with van der Waals surface area (Å²) >= 11 is 0. The van der Waals surface area contributed by atoms with Crippen molar-refractivity contribution < 1.29 is 13.9 Å². The lowest BCUT2D eigenvalue weighted by Crippen LogP contribution is -2.45. The third-order valence-electron chi connectivity index (χ3n) is 3.89. The summed E-state index contributed by atoms with van der Waals surface area (Å²) < 4.78 is 10.8. The Morgan fingerprint density at radius 1 is 1.46 bits per heavy atom. The summed E-state index contributed by atoms with van der Waals surface area (Å²) in [5, 5.41) is 5.95. The largest absolute Gasteiger partial charge is 0.427 e. The number of aryl methyl sites for hydroxylation is 2. The minimum absolute atomic E-state index is 0. The van der Waals surface area contributed by atoms with Gasteiger partial charge in [0.05, 0.1) is 12.7 Å². The van der Waals surface area contributed by atoms with Gasteiger partial charge in [0.15, 0.2) is 0 Å². The topological polar surface area (TPSA) is 80.6 Å². The molecule has 0 aromatic carbocycles. The second-order valence-corrected chi connectivity index (χ2v) is 6.40. The maximum atomic E-state index is 12.3. The zero-order valence-corrected chi connectivity index (χ0v) is 15.3. The molecule has 24 heavy (non-hydrogen) atoms. The molecule has 6 nitrogen and oxygen atoms in total. The summed E-state index contributed by atoms with van der Waals surface area (Å²) in [7, 11) is 0. The van der Waals surface area contributed by atoms with Crippen molar-refractivity contribution in [2.24, 2.45) is 5.92 Å². The van der Waals surface area contributed by atoms with Crippen LogP contribution in [-0.4, -0.2) is 38.3 Å². The average molecular weight is 359 g/mol. The molecule has 1 aliphatic heterocycles. The molecular weight excluding hydrogens is 332 g/mol. The number of hydrogen-bond acceptors (Lipinski definition) is 5. The third-order valence-corrected chi connectivity index (χ3v) is 3.89. The Balaban J connectivity index is 0.00000288. The van der Waals surface area contributed by atoms with Gasteiger partial charge in [0.25, 0.3) is 5.91 Å².